The largest absolute Gasteiger partial charge is 0.485 e. The molecule has 0 N–H and O–H groups in total. The van der Waals surface area contributed by atoms with Gasteiger partial charge in [-0.15, -0.1) is 0 Å². The van der Waals surface area contributed by atoms with E-state index in [1.807, 2.05) is 6.07 Å². The Balaban J connectivity index is 1.64. The summed E-state index contributed by atoms with van der Waals surface area (Å²) in [5.41, 5.74) is 0.833. The summed E-state index contributed by atoms with van der Waals surface area (Å²) >= 11 is 0. The first-order valence-corrected chi connectivity index (χ1v) is 9.81. The molecule has 0 heterocycles. The average Bonchev–Trinajstić information content (AvgIpc) is 2.81. The van der Waals surface area contributed by atoms with Crippen LogP contribution < -0.4 is 14.2 Å². The van der Waals surface area contributed by atoms with Gasteiger partial charge in [-0.2, -0.15) is 0 Å². The van der Waals surface area contributed by atoms with Gasteiger partial charge in [-0.25, -0.2) is 4.79 Å². The monoisotopic (exact) mass is 430 g/mol. The standard InChI is InChI=1S/C26H22O6/c1-4-21(27)15-30-22-9-11-23(12-10-22)32-26(29)20-6-5-19-14-24(8-7-18(19)13-20)31-16-25(28)17(2)3/h4-14H,1-2,15-16H2,3H3. The van der Waals surface area contributed by atoms with E-state index in [9.17, 15) is 14.4 Å². The Kier molecular flexibility index (Phi) is 7.18. The van der Waals surface area contributed by atoms with Crippen LogP contribution in [0.1, 0.15) is 17.3 Å². The van der Waals surface area contributed by atoms with Crippen LogP contribution in [-0.2, 0) is 9.59 Å². The van der Waals surface area contributed by atoms with Crippen LogP contribution in [0.4, 0.5) is 0 Å². The summed E-state index contributed by atoms with van der Waals surface area (Å²) in [4.78, 5) is 35.4. The van der Waals surface area contributed by atoms with Gasteiger partial charge >= 0.3 is 5.97 Å². The van der Waals surface area contributed by atoms with Gasteiger partial charge in [0.2, 0.25) is 0 Å². The molecule has 0 atom stereocenters. The summed E-state index contributed by atoms with van der Waals surface area (Å²) in [7, 11) is 0. The van der Waals surface area contributed by atoms with E-state index in [-0.39, 0.29) is 24.8 Å². The number of rotatable bonds is 10. The third kappa shape index (κ3) is 5.92. The molecule has 0 saturated heterocycles. The lowest BCUT2D eigenvalue weighted by Gasteiger charge is -2.09. The molecule has 3 rings (SSSR count). The van der Waals surface area contributed by atoms with Crippen molar-refractivity contribution in [2.24, 2.45) is 0 Å². The molecule has 0 unspecified atom stereocenters. The van der Waals surface area contributed by atoms with Crippen molar-refractivity contribution in [3.8, 4) is 17.2 Å². The highest BCUT2D eigenvalue weighted by Gasteiger charge is 2.11. The average molecular weight is 430 g/mol. The third-order valence-corrected chi connectivity index (χ3v) is 4.54. The number of fused-ring (bicyclic) bond motifs is 1. The number of benzene rings is 3. The van der Waals surface area contributed by atoms with Crippen LogP contribution in [0.2, 0.25) is 0 Å². The van der Waals surface area contributed by atoms with E-state index in [0.29, 0.717) is 28.4 Å². The van der Waals surface area contributed by atoms with Crippen molar-refractivity contribution in [2.75, 3.05) is 13.2 Å². The second-order valence-electron chi connectivity index (χ2n) is 7.04. The molecule has 0 saturated carbocycles. The summed E-state index contributed by atoms with van der Waals surface area (Å²) in [6.45, 7) is 8.45. The zero-order valence-corrected chi connectivity index (χ0v) is 17.6. The van der Waals surface area contributed by atoms with Gasteiger partial charge < -0.3 is 14.2 Å². The number of hydrogen-bond donors (Lipinski definition) is 0. The Morgan fingerprint density at radius 3 is 2.09 bits per heavy atom. The van der Waals surface area contributed by atoms with Crippen molar-refractivity contribution in [1.82, 2.24) is 0 Å². The number of hydrogen-bond acceptors (Lipinski definition) is 6. The van der Waals surface area contributed by atoms with Crippen molar-refractivity contribution in [1.29, 1.82) is 0 Å². The summed E-state index contributed by atoms with van der Waals surface area (Å²) in [6.07, 6.45) is 1.19. The molecule has 3 aromatic carbocycles. The predicted octanol–water partition coefficient (Wildman–Crippen LogP) is 4.72. The number of ether oxygens (including phenoxy) is 3. The third-order valence-electron chi connectivity index (χ3n) is 4.54. The molecule has 0 fully saturated rings. The maximum atomic E-state index is 12.5. The lowest BCUT2D eigenvalue weighted by atomic mass is 10.1. The second-order valence-corrected chi connectivity index (χ2v) is 7.04. The molecule has 3 aromatic rings. The Hall–Kier alpha value is -4.19. The normalized spacial score (nSPS) is 10.3. The minimum atomic E-state index is -0.505. The molecular formula is C26H22O6. The molecular weight excluding hydrogens is 408 g/mol. The topological polar surface area (TPSA) is 78.9 Å². The molecule has 0 radical (unpaired) electrons. The van der Waals surface area contributed by atoms with Crippen LogP contribution in [0.5, 0.6) is 17.2 Å². The Morgan fingerprint density at radius 2 is 1.41 bits per heavy atom. The highest BCUT2D eigenvalue weighted by molar-refractivity contribution is 5.97. The van der Waals surface area contributed by atoms with E-state index in [1.165, 1.54) is 6.08 Å². The van der Waals surface area contributed by atoms with Gasteiger partial charge in [0.05, 0.1) is 5.56 Å². The number of ketones is 2. The maximum absolute atomic E-state index is 12.5. The highest BCUT2D eigenvalue weighted by atomic mass is 16.5. The van der Waals surface area contributed by atoms with E-state index in [0.717, 1.165) is 10.8 Å². The molecule has 0 aromatic heterocycles. The molecule has 0 aliphatic heterocycles. The van der Waals surface area contributed by atoms with Crippen molar-refractivity contribution in [2.45, 2.75) is 6.92 Å². The van der Waals surface area contributed by atoms with E-state index in [1.54, 1.807) is 61.5 Å². The minimum absolute atomic E-state index is 0.0698. The van der Waals surface area contributed by atoms with Crippen LogP contribution in [-0.4, -0.2) is 30.7 Å². The lowest BCUT2D eigenvalue weighted by molar-refractivity contribution is -0.117. The molecule has 0 aliphatic rings. The number of carbonyl (C=O) groups excluding carboxylic acids is 3. The summed E-state index contributed by atoms with van der Waals surface area (Å²) in [5.74, 6) is 0.496. The van der Waals surface area contributed by atoms with Crippen molar-refractivity contribution >= 4 is 28.3 Å². The van der Waals surface area contributed by atoms with Gasteiger partial charge in [-0.3, -0.25) is 9.59 Å². The van der Waals surface area contributed by atoms with Crippen molar-refractivity contribution in [3.05, 3.63) is 91.0 Å². The quantitative estimate of drug-likeness (QED) is 0.263. The first-order chi connectivity index (χ1) is 15.4. The summed E-state index contributed by atoms with van der Waals surface area (Å²) < 4.78 is 16.2. The zero-order valence-electron chi connectivity index (χ0n) is 17.6. The van der Waals surface area contributed by atoms with E-state index < -0.39 is 5.97 Å². The van der Waals surface area contributed by atoms with Gasteiger partial charge in [-0.1, -0.05) is 25.3 Å². The van der Waals surface area contributed by atoms with Crippen LogP contribution in [0.15, 0.2) is 85.5 Å². The molecule has 6 nitrogen and oxygen atoms in total. The molecule has 0 spiro atoms. The molecule has 0 bridgehead atoms. The van der Waals surface area contributed by atoms with Gasteiger partial charge in [0, 0.05) is 0 Å². The van der Waals surface area contributed by atoms with Crippen LogP contribution in [0.25, 0.3) is 10.8 Å². The number of Topliss-reactive ketones (excluding diaryl/α,β-unsaturated/α-hetero) is 1. The number of carbonyl (C=O) groups is 3. The highest BCUT2D eigenvalue weighted by Crippen LogP contribution is 2.24. The summed E-state index contributed by atoms with van der Waals surface area (Å²) in [5, 5.41) is 1.69. The fraction of sp³-hybridized carbons (Fsp3) is 0.115. The summed E-state index contributed by atoms with van der Waals surface area (Å²) in [6, 6.07) is 16.9. The Bertz CT molecular complexity index is 1190. The fourth-order valence-electron chi connectivity index (χ4n) is 2.70. The minimum Gasteiger partial charge on any atom is -0.485 e. The van der Waals surface area contributed by atoms with Crippen LogP contribution in [0.3, 0.4) is 0 Å². The SMILES string of the molecule is C=CC(=O)COc1ccc(OC(=O)c2ccc3cc(OCC(=O)C(=C)C)ccc3c2)cc1. The Labute approximate surface area is 185 Å². The van der Waals surface area contributed by atoms with E-state index in [2.05, 4.69) is 13.2 Å². The van der Waals surface area contributed by atoms with Gasteiger partial charge in [0.1, 0.15) is 17.2 Å². The smallest absolute Gasteiger partial charge is 0.343 e. The van der Waals surface area contributed by atoms with Crippen LogP contribution >= 0.6 is 0 Å². The van der Waals surface area contributed by atoms with E-state index >= 15 is 0 Å². The number of esters is 1. The first kappa shape index (κ1) is 22.5. The van der Waals surface area contributed by atoms with Gasteiger partial charge in [0.25, 0.3) is 0 Å². The molecule has 32 heavy (non-hydrogen) atoms. The molecule has 162 valence electrons. The first-order valence-electron chi connectivity index (χ1n) is 9.81. The lowest BCUT2D eigenvalue weighted by Crippen LogP contribution is -2.11. The van der Waals surface area contributed by atoms with Crippen molar-refractivity contribution < 1.29 is 28.6 Å². The van der Waals surface area contributed by atoms with Gasteiger partial charge in [0.15, 0.2) is 24.8 Å². The van der Waals surface area contributed by atoms with Gasteiger partial charge in [-0.05, 0) is 77.9 Å². The van der Waals surface area contributed by atoms with Crippen molar-refractivity contribution in [3.63, 3.8) is 0 Å². The fourth-order valence-corrected chi connectivity index (χ4v) is 2.70. The zero-order chi connectivity index (χ0) is 23.1. The van der Waals surface area contributed by atoms with Crippen LogP contribution in [0, 0.1) is 0 Å². The van der Waals surface area contributed by atoms with E-state index in [4.69, 9.17) is 14.2 Å². The molecule has 0 aliphatic carbocycles. The second kappa shape index (κ2) is 10.2. The Morgan fingerprint density at radius 1 is 0.812 bits per heavy atom. The molecule has 6 heteroatoms. The maximum Gasteiger partial charge on any atom is 0.343 e. The predicted molar refractivity (Wildman–Crippen MR) is 121 cm³/mol. The molecule has 0 amide bonds.